The second kappa shape index (κ2) is 6.19. The minimum Gasteiger partial charge on any atom is -0.344 e. The first-order valence-electron chi connectivity index (χ1n) is 5.16. The maximum Gasteiger partial charge on any atom is 0.236 e. The van der Waals surface area contributed by atoms with Crippen LogP contribution in [0.25, 0.3) is 0 Å². The highest BCUT2D eigenvalue weighted by Crippen LogP contribution is 2.00. The van der Waals surface area contributed by atoms with Crippen molar-refractivity contribution >= 4 is 5.91 Å². The zero-order chi connectivity index (χ0) is 11.1. The molecule has 0 unspecified atom stereocenters. The molecule has 0 bridgehead atoms. The van der Waals surface area contributed by atoms with Gasteiger partial charge in [-0.1, -0.05) is 30.3 Å². The van der Waals surface area contributed by atoms with E-state index in [1.165, 1.54) is 5.56 Å². The Morgan fingerprint density at radius 2 is 2.00 bits per heavy atom. The molecule has 15 heavy (non-hydrogen) atoms. The summed E-state index contributed by atoms with van der Waals surface area (Å²) < 4.78 is 0. The third-order valence-corrected chi connectivity index (χ3v) is 2.33. The van der Waals surface area contributed by atoms with Crippen LogP contribution in [0.2, 0.25) is 0 Å². The fraction of sp³-hybridized carbons (Fsp3) is 0.417. The van der Waals surface area contributed by atoms with Crippen LogP contribution in [0.1, 0.15) is 5.56 Å². The molecule has 1 aromatic carbocycles. The molecular weight excluding hydrogens is 188 g/mol. The van der Waals surface area contributed by atoms with E-state index in [2.05, 4.69) is 17.4 Å². The average molecular weight is 206 g/mol. The summed E-state index contributed by atoms with van der Waals surface area (Å²) >= 11 is 0. The summed E-state index contributed by atoms with van der Waals surface area (Å²) in [5.74, 6) is 0.133. The molecule has 0 aliphatic rings. The zero-order valence-electron chi connectivity index (χ0n) is 9.36. The van der Waals surface area contributed by atoms with Gasteiger partial charge in [-0.05, 0) is 19.0 Å². The van der Waals surface area contributed by atoms with Crippen molar-refractivity contribution in [2.45, 2.75) is 6.42 Å². The van der Waals surface area contributed by atoms with Crippen molar-refractivity contribution in [3.05, 3.63) is 35.9 Å². The van der Waals surface area contributed by atoms with Gasteiger partial charge in [-0.3, -0.25) is 4.79 Å². The molecule has 0 aliphatic heterocycles. The normalized spacial score (nSPS) is 10.0. The van der Waals surface area contributed by atoms with Gasteiger partial charge in [-0.2, -0.15) is 0 Å². The Hall–Kier alpha value is -1.35. The van der Waals surface area contributed by atoms with Crippen molar-refractivity contribution in [1.82, 2.24) is 10.2 Å². The molecule has 0 radical (unpaired) electrons. The van der Waals surface area contributed by atoms with Gasteiger partial charge in [0.2, 0.25) is 5.91 Å². The minimum atomic E-state index is 0.133. The first-order valence-corrected chi connectivity index (χ1v) is 5.16. The molecule has 3 nitrogen and oxygen atoms in total. The molecule has 0 saturated carbocycles. The van der Waals surface area contributed by atoms with Crippen molar-refractivity contribution in [2.24, 2.45) is 0 Å². The standard InChI is InChI=1S/C12H18N2O/c1-13-10-12(15)14(2)9-8-11-6-4-3-5-7-11/h3-7,13H,8-10H2,1-2H3. The lowest BCUT2D eigenvalue weighted by Crippen LogP contribution is -2.35. The van der Waals surface area contributed by atoms with Gasteiger partial charge < -0.3 is 10.2 Å². The fourth-order valence-electron chi connectivity index (χ4n) is 1.35. The van der Waals surface area contributed by atoms with Crippen molar-refractivity contribution in [1.29, 1.82) is 0 Å². The highest BCUT2D eigenvalue weighted by Gasteiger charge is 2.06. The number of nitrogens with one attached hydrogen (secondary N) is 1. The van der Waals surface area contributed by atoms with Crippen LogP contribution in [0.5, 0.6) is 0 Å². The molecule has 0 heterocycles. The summed E-state index contributed by atoms with van der Waals surface area (Å²) in [5.41, 5.74) is 1.27. The van der Waals surface area contributed by atoms with Gasteiger partial charge in [-0.15, -0.1) is 0 Å². The number of nitrogens with zero attached hydrogens (tertiary/aromatic N) is 1. The SMILES string of the molecule is CNCC(=O)N(C)CCc1ccccc1. The van der Waals surface area contributed by atoms with E-state index in [9.17, 15) is 4.79 Å². The fourth-order valence-corrected chi connectivity index (χ4v) is 1.35. The molecular formula is C12H18N2O. The zero-order valence-corrected chi connectivity index (χ0v) is 9.36. The van der Waals surface area contributed by atoms with E-state index < -0.39 is 0 Å². The number of amides is 1. The highest BCUT2D eigenvalue weighted by atomic mass is 16.2. The van der Waals surface area contributed by atoms with E-state index in [4.69, 9.17) is 0 Å². The summed E-state index contributed by atoms with van der Waals surface area (Å²) in [6, 6.07) is 10.2. The maximum atomic E-state index is 11.4. The molecule has 1 rings (SSSR count). The summed E-state index contributed by atoms with van der Waals surface area (Å²) in [4.78, 5) is 13.2. The Kier molecular flexibility index (Phi) is 4.84. The smallest absolute Gasteiger partial charge is 0.236 e. The van der Waals surface area contributed by atoms with Gasteiger partial charge in [0.05, 0.1) is 6.54 Å². The van der Waals surface area contributed by atoms with Crippen LogP contribution in [0.3, 0.4) is 0 Å². The van der Waals surface area contributed by atoms with Gasteiger partial charge in [0.25, 0.3) is 0 Å². The number of hydrogen-bond donors (Lipinski definition) is 1. The molecule has 0 aliphatic carbocycles. The molecule has 1 N–H and O–H groups in total. The van der Waals surface area contributed by atoms with Crippen LogP contribution >= 0.6 is 0 Å². The van der Waals surface area contributed by atoms with Crippen molar-refractivity contribution < 1.29 is 4.79 Å². The van der Waals surface area contributed by atoms with Crippen molar-refractivity contribution in [2.75, 3.05) is 27.2 Å². The van der Waals surface area contributed by atoms with Gasteiger partial charge in [0.15, 0.2) is 0 Å². The van der Waals surface area contributed by atoms with Crippen LogP contribution in [0.4, 0.5) is 0 Å². The van der Waals surface area contributed by atoms with E-state index in [1.807, 2.05) is 25.2 Å². The van der Waals surface area contributed by atoms with E-state index in [-0.39, 0.29) is 5.91 Å². The molecule has 0 saturated heterocycles. The molecule has 0 aromatic heterocycles. The highest BCUT2D eigenvalue weighted by molar-refractivity contribution is 5.77. The molecule has 0 spiro atoms. The Bertz CT molecular complexity index is 298. The van der Waals surface area contributed by atoms with Crippen LogP contribution in [0.15, 0.2) is 30.3 Å². The third-order valence-electron chi connectivity index (χ3n) is 2.33. The van der Waals surface area contributed by atoms with E-state index in [0.29, 0.717) is 6.54 Å². The van der Waals surface area contributed by atoms with Crippen molar-refractivity contribution in [3.8, 4) is 0 Å². The number of carbonyl (C=O) groups is 1. The predicted octanol–water partition coefficient (Wildman–Crippen LogP) is 0.907. The molecule has 3 heteroatoms. The minimum absolute atomic E-state index is 0.133. The molecule has 82 valence electrons. The van der Waals surface area contributed by atoms with Crippen LogP contribution in [-0.2, 0) is 11.2 Å². The number of carbonyl (C=O) groups excluding carboxylic acids is 1. The Morgan fingerprint density at radius 3 is 2.60 bits per heavy atom. The van der Waals surface area contributed by atoms with Crippen LogP contribution in [-0.4, -0.2) is 38.0 Å². The molecule has 0 fully saturated rings. The van der Waals surface area contributed by atoms with Gasteiger partial charge in [0, 0.05) is 13.6 Å². The summed E-state index contributed by atoms with van der Waals surface area (Å²) in [6.45, 7) is 1.18. The topological polar surface area (TPSA) is 32.3 Å². The van der Waals surface area contributed by atoms with Crippen molar-refractivity contribution in [3.63, 3.8) is 0 Å². The Balaban J connectivity index is 2.34. The lowest BCUT2D eigenvalue weighted by molar-refractivity contribution is -0.128. The van der Waals surface area contributed by atoms with Gasteiger partial charge in [0.1, 0.15) is 0 Å². The Labute approximate surface area is 91.1 Å². The number of rotatable bonds is 5. The van der Waals surface area contributed by atoms with Gasteiger partial charge >= 0.3 is 0 Å². The average Bonchev–Trinajstić information content (AvgIpc) is 2.27. The summed E-state index contributed by atoms with van der Waals surface area (Å²) in [6.07, 6.45) is 0.910. The predicted molar refractivity (Wildman–Crippen MR) is 61.7 cm³/mol. The lowest BCUT2D eigenvalue weighted by atomic mass is 10.1. The van der Waals surface area contributed by atoms with Crippen LogP contribution in [0, 0.1) is 0 Å². The molecule has 1 aromatic rings. The Morgan fingerprint density at radius 1 is 1.33 bits per heavy atom. The monoisotopic (exact) mass is 206 g/mol. The first kappa shape index (κ1) is 11.7. The summed E-state index contributed by atoms with van der Waals surface area (Å²) in [7, 11) is 3.62. The molecule has 0 atom stereocenters. The molecule has 1 amide bonds. The van der Waals surface area contributed by atoms with E-state index in [0.717, 1.165) is 13.0 Å². The number of likely N-dealkylation sites (N-methyl/N-ethyl adjacent to an activating group) is 2. The van der Waals surface area contributed by atoms with Gasteiger partial charge in [-0.25, -0.2) is 0 Å². The van der Waals surface area contributed by atoms with E-state index >= 15 is 0 Å². The second-order valence-corrected chi connectivity index (χ2v) is 3.58. The quantitative estimate of drug-likeness (QED) is 0.776. The first-order chi connectivity index (χ1) is 7.24. The van der Waals surface area contributed by atoms with Crippen LogP contribution < -0.4 is 5.32 Å². The maximum absolute atomic E-state index is 11.4. The summed E-state index contributed by atoms with van der Waals surface area (Å²) in [5, 5.41) is 2.86. The second-order valence-electron chi connectivity index (χ2n) is 3.58. The third kappa shape index (κ3) is 4.13. The van der Waals surface area contributed by atoms with E-state index in [1.54, 1.807) is 11.9 Å². The largest absolute Gasteiger partial charge is 0.344 e. The number of benzene rings is 1. The number of hydrogen-bond acceptors (Lipinski definition) is 2. The lowest BCUT2D eigenvalue weighted by Gasteiger charge is -2.16.